The lowest BCUT2D eigenvalue weighted by atomic mass is 10.4. The van der Waals surface area contributed by atoms with Crippen LogP contribution in [0.4, 0.5) is 0 Å². The van der Waals surface area contributed by atoms with Crippen molar-refractivity contribution in [2.24, 2.45) is 0 Å². The summed E-state index contributed by atoms with van der Waals surface area (Å²) in [6.45, 7) is 0.909. The average Bonchev–Trinajstić information content (AvgIpc) is 3.23. The van der Waals surface area contributed by atoms with Gasteiger partial charge in [0.1, 0.15) is 0 Å². The standard InChI is InChI=1S/C45H48O4P4/c46-53(47-34-19-37-50(40-22-7-1-8-23-40)41-24-9-2-10-25-41,48-35-20-38-51(42-26-11-3-12-27-42)43-28-13-4-14-29-43)49-36-21-39-52(44-30-15-5-16-31-44)45-32-17-6-18-33-45/h1-18,22-33H,19-21,34-39H2. The van der Waals surface area contributed by atoms with Gasteiger partial charge in [0.05, 0.1) is 19.8 Å². The van der Waals surface area contributed by atoms with Crippen LogP contribution < -0.4 is 31.8 Å². The molecule has 272 valence electrons. The molecule has 0 aliphatic carbocycles. The van der Waals surface area contributed by atoms with Gasteiger partial charge in [-0.2, -0.15) is 0 Å². The van der Waals surface area contributed by atoms with Gasteiger partial charge in [-0.15, -0.1) is 0 Å². The van der Waals surface area contributed by atoms with Crippen LogP contribution in [0.15, 0.2) is 182 Å². The Morgan fingerprint density at radius 3 is 0.698 bits per heavy atom. The first-order chi connectivity index (χ1) is 26.2. The van der Waals surface area contributed by atoms with Gasteiger partial charge in [-0.05, 0) is 93.3 Å². The SMILES string of the molecule is O=P(OCCCP(c1ccccc1)c1ccccc1)(OCCCP(c1ccccc1)c1ccccc1)OCCCP(c1ccccc1)c1ccccc1. The lowest BCUT2D eigenvalue weighted by Crippen LogP contribution is -2.16. The van der Waals surface area contributed by atoms with E-state index < -0.39 is 31.6 Å². The van der Waals surface area contributed by atoms with Crippen molar-refractivity contribution in [2.45, 2.75) is 19.3 Å². The summed E-state index contributed by atoms with van der Waals surface area (Å²) in [4.78, 5) is 0. The molecule has 0 unspecified atom stereocenters. The molecule has 8 heteroatoms. The zero-order valence-electron chi connectivity index (χ0n) is 30.1. The minimum absolute atomic E-state index is 0.303. The van der Waals surface area contributed by atoms with Crippen molar-refractivity contribution >= 4 is 63.4 Å². The van der Waals surface area contributed by atoms with Crippen LogP contribution >= 0.6 is 31.6 Å². The molecule has 0 atom stereocenters. The molecule has 6 aromatic carbocycles. The molecule has 0 radical (unpaired) electrons. The highest BCUT2D eigenvalue weighted by Gasteiger charge is 2.28. The monoisotopic (exact) mass is 776 g/mol. The van der Waals surface area contributed by atoms with E-state index in [1.807, 2.05) is 0 Å². The molecule has 0 saturated heterocycles. The van der Waals surface area contributed by atoms with Gasteiger partial charge in [0.25, 0.3) is 0 Å². The Hall–Kier alpha value is -3.28. The maximum absolute atomic E-state index is 14.3. The van der Waals surface area contributed by atoms with E-state index in [9.17, 15) is 4.57 Å². The molecule has 0 aliphatic heterocycles. The van der Waals surface area contributed by atoms with Gasteiger partial charge >= 0.3 is 7.82 Å². The molecule has 0 N–H and O–H groups in total. The second kappa shape index (κ2) is 21.6. The Labute approximate surface area is 319 Å². The molecular weight excluding hydrogens is 728 g/mol. The minimum Gasteiger partial charge on any atom is -0.287 e. The fourth-order valence-corrected chi connectivity index (χ4v) is 14.4. The number of phosphoric ester groups is 1. The van der Waals surface area contributed by atoms with Gasteiger partial charge < -0.3 is 0 Å². The van der Waals surface area contributed by atoms with Gasteiger partial charge in [-0.3, -0.25) is 13.6 Å². The molecule has 6 aromatic rings. The van der Waals surface area contributed by atoms with E-state index in [0.717, 1.165) is 37.7 Å². The summed E-state index contributed by atoms with van der Waals surface area (Å²) >= 11 is 0. The number of rotatable bonds is 21. The largest absolute Gasteiger partial charge is 0.474 e. The van der Waals surface area contributed by atoms with Crippen LogP contribution in [0.1, 0.15) is 19.3 Å². The predicted molar refractivity (Wildman–Crippen MR) is 231 cm³/mol. The predicted octanol–water partition coefficient (Wildman–Crippen LogP) is 9.71. The lowest BCUT2D eigenvalue weighted by molar-refractivity contribution is 0.114. The molecule has 0 amide bonds. The van der Waals surface area contributed by atoms with E-state index in [0.29, 0.717) is 19.8 Å². The van der Waals surface area contributed by atoms with E-state index in [-0.39, 0.29) is 0 Å². The van der Waals surface area contributed by atoms with Crippen molar-refractivity contribution in [3.8, 4) is 0 Å². The van der Waals surface area contributed by atoms with Crippen LogP contribution in [0.3, 0.4) is 0 Å². The molecule has 0 fully saturated rings. The maximum atomic E-state index is 14.3. The fourth-order valence-electron chi connectivity index (χ4n) is 6.18. The Bertz CT molecular complexity index is 1570. The first-order valence-electron chi connectivity index (χ1n) is 18.4. The summed E-state index contributed by atoms with van der Waals surface area (Å²) in [6.07, 6.45) is 4.98. The van der Waals surface area contributed by atoms with Gasteiger partial charge in [0.15, 0.2) is 0 Å². The maximum Gasteiger partial charge on any atom is 0.474 e. The summed E-state index contributed by atoms with van der Waals surface area (Å²) in [6, 6.07) is 64.0. The normalized spacial score (nSPS) is 11.8. The Balaban J connectivity index is 1.10. The molecule has 0 bridgehead atoms. The highest BCUT2D eigenvalue weighted by molar-refractivity contribution is 7.73. The Morgan fingerprint density at radius 2 is 0.509 bits per heavy atom. The van der Waals surface area contributed by atoms with Crippen LogP contribution in [-0.2, 0) is 18.1 Å². The molecule has 6 rings (SSSR count). The number of hydrogen-bond acceptors (Lipinski definition) is 4. The van der Waals surface area contributed by atoms with E-state index in [1.54, 1.807) is 0 Å². The third-order valence-corrected chi connectivity index (χ3v) is 18.0. The molecule has 0 heterocycles. The minimum atomic E-state index is -3.81. The summed E-state index contributed by atoms with van der Waals surface area (Å²) in [5, 5.41) is 7.95. The Kier molecular flexibility index (Phi) is 16.0. The zero-order chi connectivity index (χ0) is 36.4. The van der Waals surface area contributed by atoms with Gasteiger partial charge in [-0.25, -0.2) is 4.57 Å². The van der Waals surface area contributed by atoms with Crippen LogP contribution in [-0.4, -0.2) is 38.3 Å². The second-order valence-corrected chi connectivity index (χ2v) is 21.2. The first kappa shape index (κ1) is 39.4. The van der Waals surface area contributed by atoms with E-state index >= 15 is 0 Å². The topological polar surface area (TPSA) is 44.8 Å². The summed E-state index contributed by atoms with van der Waals surface area (Å²) < 4.78 is 32.7. The zero-order valence-corrected chi connectivity index (χ0v) is 33.7. The van der Waals surface area contributed by atoms with Crippen LogP contribution in [0, 0.1) is 0 Å². The molecule has 0 spiro atoms. The van der Waals surface area contributed by atoms with Crippen molar-refractivity contribution in [1.29, 1.82) is 0 Å². The smallest absolute Gasteiger partial charge is 0.287 e. The third-order valence-electron chi connectivity index (χ3n) is 8.73. The molecule has 0 aliphatic rings. The van der Waals surface area contributed by atoms with Crippen LogP contribution in [0.2, 0.25) is 0 Å². The molecule has 4 nitrogen and oxygen atoms in total. The van der Waals surface area contributed by atoms with Crippen LogP contribution in [0.5, 0.6) is 0 Å². The number of benzene rings is 6. The Morgan fingerprint density at radius 1 is 0.321 bits per heavy atom. The molecule has 0 saturated carbocycles. The second-order valence-electron chi connectivity index (χ2n) is 12.5. The average molecular weight is 777 g/mol. The van der Waals surface area contributed by atoms with E-state index in [2.05, 4.69) is 182 Å². The van der Waals surface area contributed by atoms with Crippen molar-refractivity contribution in [3.05, 3.63) is 182 Å². The van der Waals surface area contributed by atoms with Crippen molar-refractivity contribution in [1.82, 2.24) is 0 Å². The summed E-state index contributed by atoms with van der Waals surface area (Å²) in [5.41, 5.74) is 0. The highest BCUT2D eigenvalue weighted by atomic mass is 31.2. The number of hydrogen-bond donors (Lipinski definition) is 0. The first-order valence-corrected chi connectivity index (χ1v) is 24.4. The quantitative estimate of drug-likeness (QED) is 0.0540. The molecule has 0 aromatic heterocycles. The highest BCUT2D eigenvalue weighted by Crippen LogP contribution is 2.50. The van der Waals surface area contributed by atoms with E-state index in [1.165, 1.54) is 31.8 Å². The lowest BCUT2D eigenvalue weighted by Gasteiger charge is -2.22. The van der Waals surface area contributed by atoms with Crippen molar-refractivity contribution in [3.63, 3.8) is 0 Å². The molecular formula is C45H48O4P4. The number of phosphoric acid groups is 1. The van der Waals surface area contributed by atoms with Crippen LogP contribution in [0.25, 0.3) is 0 Å². The van der Waals surface area contributed by atoms with Gasteiger partial charge in [0.2, 0.25) is 0 Å². The molecule has 53 heavy (non-hydrogen) atoms. The van der Waals surface area contributed by atoms with Crippen molar-refractivity contribution < 1.29 is 18.1 Å². The van der Waals surface area contributed by atoms with Gasteiger partial charge in [-0.1, -0.05) is 182 Å². The van der Waals surface area contributed by atoms with E-state index in [4.69, 9.17) is 13.6 Å². The third kappa shape index (κ3) is 12.4. The summed E-state index contributed by atoms with van der Waals surface area (Å²) in [7, 11) is -5.54. The van der Waals surface area contributed by atoms with Gasteiger partial charge in [0, 0.05) is 0 Å². The summed E-state index contributed by atoms with van der Waals surface area (Å²) in [5.74, 6) is 0. The van der Waals surface area contributed by atoms with Crippen molar-refractivity contribution in [2.75, 3.05) is 38.3 Å². The fraction of sp³-hybridized carbons (Fsp3) is 0.200.